The van der Waals surface area contributed by atoms with Gasteiger partial charge in [0, 0.05) is 36.1 Å². The third-order valence-electron chi connectivity index (χ3n) is 5.52. The second-order valence-corrected chi connectivity index (χ2v) is 9.06. The van der Waals surface area contributed by atoms with E-state index in [-0.39, 0.29) is 18.1 Å². The lowest BCUT2D eigenvalue weighted by atomic mass is 10.1. The summed E-state index contributed by atoms with van der Waals surface area (Å²) in [5.74, 6) is 1.22. The van der Waals surface area contributed by atoms with Gasteiger partial charge in [-0.3, -0.25) is 15.0 Å². The molecule has 0 radical (unpaired) electrons. The highest BCUT2D eigenvalue weighted by molar-refractivity contribution is 7.14. The summed E-state index contributed by atoms with van der Waals surface area (Å²) in [7, 11) is 3.23. The fourth-order valence-electron chi connectivity index (χ4n) is 4.07. The number of benzene rings is 2. The van der Waals surface area contributed by atoms with Gasteiger partial charge in [0.2, 0.25) is 0 Å². The quantitative estimate of drug-likeness (QED) is 0.544. The number of carbonyl (C=O) groups is 1. The van der Waals surface area contributed by atoms with Gasteiger partial charge in [-0.25, -0.2) is 4.98 Å². The Morgan fingerprint density at radius 3 is 2.52 bits per heavy atom. The molecule has 0 aliphatic carbocycles. The van der Waals surface area contributed by atoms with Crippen LogP contribution in [0.1, 0.15) is 29.8 Å². The first-order valence-corrected chi connectivity index (χ1v) is 11.8. The molecule has 2 aromatic carbocycles. The van der Waals surface area contributed by atoms with Crippen molar-refractivity contribution in [3.8, 4) is 22.8 Å². The number of rotatable bonds is 7. The molecular formula is C25H29N3O4S. The van der Waals surface area contributed by atoms with Crippen LogP contribution in [0, 0.1) is 0 Å². The van der Waals surface area contributed by atoms with Gasteiger partial charge in [0.15, 0.2) is 5.13 Å². The van der Waals surface area contributed by atoms with Crippen molar-refractivity contribution in [2.75, 3.05) is 32.6 Å². The number of amides is 1. The normalized spacial score (nSPS) is 18.7. The van der Waals surface area contributed by atoms with Crippen molar-refractivity contribution in [3.05, 3.63) is 59.0 Å². The number of ether oxygens (including phenoxy) is 3. The summed E-state index contributed by atoms with van der Waals surface area (Å²) < 4.78 is 16.6. The number of hydrogen-bond acceptors (Lipinski definition) is 7. The van der Waals surface area contributed by atoms with Crippen LogP contribution in [0.2, 0.25) is 0 Å². The Labute approximate surface area is 198 Å². The highest BCUT2D eigenvalue weighted by atomic mass is 32.1. The summed E-state index contributed by atoms with van der Waals surface area (Å²) in [5, 5.41) is 5.31. The molecule has 0 bridgehead atoms. The first kappa shape index (κ1) is 23.2. The maximum atomic E-state index is 12.8. The number of anilines is 1. The van der Waals surface area contributed by atoms with Crippen LogP contribution in [-0.4, -0.2) is 55.3 Å². The number of morpholine rings is 1. The Hall–Kier alpha value is -2.94. The van der Waals surface area contributed by atoms with E-state index >= 15 is 0 Å². The molecule has 33 heavy (non-hydrogen) atoms. The van der Waals surface area contributed by atoms with Gasteiger partial charge in [0.05, 0.1) is 32.1 Å². The lowest BCUT2D eigenvalue weighted by Gasteiger charge is -2.35. The zero-order valence-electron chi connectivity index (χ0n) is 19.3. The second kappa shape index (κ2) is 10.3. The highest BCUT2D eigenvalue weighted by Gasteiger charge is 2.22. The average molecular weight is 468 g/mol. The van der Waals surface area contributed by atoms with Gasteiger partial charge in [-0.1, -0.05) is 12.1 Å². The molecule has 8 heteroatoms. The molecule has 2 atom stereocenters. The fourth-order valence-corrected chi connectivity index (χ4v) is 4.78. The van der Waals surface area contributed by atoms with Crippen LogP contribution in [0.25, 0.3) is 11.3 Å². The molecule has 1 aromatic heterocycles. The smallest absolute Gasteiger partial charge is 0.257 e. The molecule has 1 fully saturated rings. The largest absolute Gasteiger partial charge is 0.497 e. The number of hydrogen-bond donors (Lipinski definition) is 1. The van der Waals surface area contributed by atoms with Gasteiger partial charge in [-0.05, 0) is 49.7 Å². The molecule has 0 saturated carbocycles. The van der Waals surface area contributed by atoms with E-state index in [9.17, 15) is 4.79 Å². The van der Waals surface area contributed by atoms with Crippen molar-refractivity contribution in [1.82, 2.24) is 9.88 Å². The van der Waals surface area contributed by atoms with Crippen LogP contribution in [0.15, 0.2) is 47.8 Å². The minimum atomic E-state index is -0.186. The Balaban J connectivity index is 1.41. The van der Waals surface area contributed by atoms with E-state index in [0.29, 0.717) is 22.2 Å². The first-order chi connectivity index (χ1) is 15.9. The third kappa shape index (κ3) is 5.71. The molecule has 1 N–H and O–H groups in total. The van der Waals surface area contributed by atoms with Crippen molar-refractivity contribution in [2.24, 2.45) is 0 Å². The predicted molar refractivity (Wildman–Crippen MR) is 130 cm³/mol. The maximum Gasteiger partial charge on any atom is 0.257 e. The van der Waals surface area contributed by atoms with Crippen molar-refractivity contribution in [3.63, 3.8) is 0 Å². The zero-order chi connectivity index (χ0) is 23.4. The third-order valence-corrected chi connectivity index (χ3v) is 6.28. The molecule has 7 nitrogen and oxygen atoms in total. The Morgan fingerprint density at radius 2 is 1.85 bits per heavy atom. The highest BCUT2D eigenvalue weighted by Crippen LogP contribution is 2.35. The van der Waals surface area contributed by atoms with Crippen molar-refractivity contribution in [2.45, 2.75) is 32.6 Å². The summed E-state index contributed by atoms with van der Waals surface area (Å²) >= 11 is 1.37. The molecule has 0 unspecified atom stereocenters. The standard InChI is InChI=1S/C25H29N3O4S/c1-16-12-28(13-17(2)32-16)14-18-5-7-19(8-6-18)24(29)27-25-26-22(15-33-25)21-11-20(30-3)9-10-23(21)31-4/h5-11,15-17H,12-14H2,1-4H3,(H,26,27,29)/t16-,17+. The van der Waals surface area contributed by atoms with Gasteiger partial charge in [0.1, 0.15) is 11.5 Å². The van der Waals surface area contributed by atoms with E-state index in [1.165, 1.54) is 16.9 Å². The fraction of sp³-hybridized carbons (Fsp3) is 0.360. The van der Waals surface area contributed by atoms with E-state index in [4.69, 9.17) is 14.2 Å². The van der Waals surface area contributed by atoms with Crippen LogP contribution in [-0.2, 0) is 11.3 Å². The molecule has 1 amide bonds. The van der Waals surface area contributed by atoms with Crippen LogP contribution >= 0.6 is 11.3 Å². The molecule has 4 rings (SSSR count). The van der Waals surface area contributed by atoms with E-state index in [1.807, 2.05) is 47.8 Å². The summed E-state index contributed by atoms with van der Waals surface area (Å²) in [6.45, 7) is 6.88. The molecule has 1 saturated heterocycles. The average Bonchev–Trinajstić information content (AvgIpc) is 3.26. The Bertz CT molecular complexity index is 1090. The number of nitrogens with zero attached hydrogens (tertiary/aromatic N) is 2. The number of thiazole rings is 1. The van der Waals surface area contributed by atoms with Crippen molar-refractivity contribution in [1.29, 1.82) is 0 Å². The molecule has 3 aromatic rings. The minimum Gasteiger partial charge on any atom is -0.497 e. The van der Waals surface area contributed by atoms with E-state index in [1.54, 1.807) is 14.2 Å². The molecule has 2 heterocycles. The van der Waals surface area contributed by atoms with Gasteiger partial charge in [-0.15, -0.1) is 11.3 Å². The number of carbonyl (C=O) groups excluding carboxylic acids is 1. The first-order valence-electron chi connectivity index (χ1n) is 10.9. The van der Waals surface area contributed by atoms with Crippen LogP contribution in [0.5, 0.6) is 11.5 Å². The number of nitrogens with one attached hydrogen (secondary N) is 1. The lowest BCUT2D eigenvalue weighted by Crippen LogP contribution is -2.44. The summed E-state index contributed by atoms with van der Waals surface area (Å²) in [6.07, 6.45) is 0.470. The topological polar surface area (TPSA) is 72.9 Å². The van der Waals surface area contributed by atoms with E-state index in [0.717, 1.165) is 30.9 Å². The predicted octanol–water partition coefficient (Wildman–Crippen LogP) is 4.69. The summed E-state index contributed by atoms with van der Waals surface area (Å²) in [5.41, 5.74) is 3.30. The van der Waals surface area contributed by atoms with E-state index in [2.05, 4.69) is 29.0 Å². The maximum absolute atomic E-state index is 12.8. The molecule has 1 aliphatic heterocycles. The van der Waals surface area contributed by atoms with Gasteiger partial charge in [0.25, 0.3) is 5.91 Å². The Morgan fingerprint density at radius 1 is 1.12 bits per heavy atom. The van der Waals surface area contributed by atoms with Crippen LogP contribution < -0.4 is 14.8 Å². The second-order valence-electron chi connectivity index (χ2n) is 8.21. The van der Waals surface area contributed by atoms with Gasteiger partial charge in [-0.2, -0.15) is 0 Å². The van der Waals surface area contributed by atoms with Gasteiger partial charge >= 0.3 is 0 Å². The minimum absolute atomic E-state index is 0.186. The SMILES string of the molecule is COc1ccc(OC)c(-c2csc(NC(=O)c3ccc(CN4C[C@@H](C)O[C@@H](C)C4)cc3)n2)c1. The summed E-state index contributed by atoms with van der Waals surface area (Å²) in [4.78, 5) is 19.7. The molecule has 1 aliphatic rings. The number of aromatic nitrogens is 1. The van der Waals surface area contributed by atoms with Gasteiger partial charge < -0.3 is 14.2 Å². The van der Waals surface area contributed by atoms with E-state index < -0.39 is 0 Å². The van der Waals surface area contributed by atoms with Crippen molar-refractivity contribution < 1.29 is 19.0 Å². The summed E-state index contributed by atoms with van der Waals surface area (Å²) in [6, 6.07) is 13.3. The lowest BCUT2D eigenvalue weighted by molar-refractivity contribution is -0.0704. The zero-order valence-corrected chi connectivity index (χ0v) is 20.1. The molecular weight excluding hydrogens is 438 g/mol. The Kier molecular flexibility index (Phi) is 7.27. The molecule has 174 valence electrons. The van der Waals surface area contributed by atoms with Crippen LogP contribution in [0.4, 0.5) is 5.13 Å². The number of methoxy groups -OCH3 is 2. The monoisotopic (exact) mass is 467 g/mol. The van der Waals surface area contributed by atoms with Crippen molar-refractivity contribution >= 4 is 22.4 Å². The van der Waals surface area contributed by atoms with Crippen LogP contribution in [0.3, 0.4) is 0 Å². The molecule has 0 spiro atoms.